The van der Waals surface area contributed by atoms with Crippen LogP contribution in [-0.4, -0.2) is 24.6 Å². The van der Waals surface area contributed by atoms with Crippen LogP contribution in [-0.2, 0) is 9.59 Å². The summed E-state index contributed by atoms with van der Waals surface area (Å²) in [5.41, 5.74) is 1.09. The molecule has 0 amide bonds. The second-order valence-corrected chi connectivity index (χ2v) is 2.71. The van der Waals surface area contributed by atoms with Crippen LogP contribution in [0.2, 0.25) is 0 Å². The van der Waals surface area contributed by atoms with E-state index in [1.807, 2.05) is 0 Å². The van der Waals surface area contributed by atoms with Gasteiger partial charge >= 0.3 is 0 Å². The zero-order valence-electron chi connectivity index (χ0n) is 6.68. The van der Waals surface area contributed by atoms with Crippen LogP contribution in [0.25, 0.3) is 0 Å². The number of aldehydes is 2. The lowest BCUT2D eigenvalue weighted by atomic mass is 9.91. The van der Waals surface area contributed by atoms with Crippen LogP contribution >= 0.6 is 0 Å². The molecule has 2 aliphatic rings. The molecule has 0 unspecified atom stereocenters. The molecule has 13 heavy (non-hydrogen) atoms. The van der Waals surface area contributed by atoms with Gasteiger partial charge < -0.3 is 4.79 Å². The molecule has 2 heterocycles. The number of allylic oxidation sites excluding steroid dienone is 2. The molecule has 0 aromatic carbocycles. The van der Waals surface area contributed by atoms with Crippen molar-refractivity contribution in [2.75, 3.05) is 0 Å². The van der Waals surface area contributed by atoms with Gasteiger partial charge in [0.15, 0.2) is 5.84 Å². The molecule has 0 bridgehead atoms. The van der Waals surface area contributed by atoms with Gasteiger partial charge in [-0.15, -0.1) is 0 Å². The summed E-state index contributed by atoms with van der Waals surface area (Å²) in [7, 11) is 0. The SMILES string of the molecule is O=CC1=CN=C2N=CC=C2[C@@H]1C=O. The maximum Gasteiger partial charge on any atom is 0.156 e. The maximum absolute atomic E-state index is 10.7. The van der Waals surface area contributed by atoms with Crippen molar-refractivity contribution in [3.8, 4) is 0 Å². The van der Waals surface area contributed by atoms with E-state index in [9.17, 15) is 9.59 Å². The minimum atomic E-state index is -0.493. The summed E-state index contributed by atoms with van der Waals surface area (Å²) in [5, 5.41) is 0. The average Bonchev–Trinajstić information content (AvgIpc) is 2.63. The molecule has 0 aliphatic carbocycles. The molecule has 0 N–H and O–H groups in total. The molecule has 2 rings (SSSR count). The van der Waals surface area contributed by atoms with Gasteiger partial charge in [-0.05, 0) is 6.08 Å². The van der Waals surface area contributed by atoms with Gasteiger partial charge in [0.05, 0.1) is 5.92 Å². The second-order valence-electron chi connectivity index (χ2n) is 2.71. The van der Waals surface area contributed by atoms with Crippen LogP contribution in [0.4, 0.5) is 0 Å². The number of carbonyl (C=O) groups excluding carboxylic acids is 2. The highest BCUT2D eigenvalue weighted by molar-refractivity contribution is 6.15. The highest BCUT2D eigenvalue weighted by Gasteiger charge is 2.26. The molecular formula is C9H6N2O2. The molecule has 1 atom stereocenters. The molecule has 0 aromatic rings. The topological polar surface area (TPSA) is 58.9 Å². The van der Waals surface area contributed by atoms with Crippen LogP contribution in [0.5, 0.6) is 0 Å². The van der Waals surface area contributed by atoms with Crippen molar-refractivity contribution >= 4 is 24.6 Å². The van der Waals surface area contributed by atoms with Crippen molar-refractivity contribution in [1.29, 1.82) is 0 Å². The summed E-state index contributed by atoms with van der Waals surface area (Å²) in [6, 6.07) is 0. The summed E-state index contributed by atoms with van der Waals surface area (Å²) in [6.07, 6.45) is 6.05. The van der Waals surface area contributed by atoms with Crippen LogP contribution in [0.1, 0.15) is 0 Å². The summed E-state index contributed by atoms with van der Waals surface area (Å²) in [4.78, 5) is 29.2. The number of fused-ring (bicyclic) bond motifs is 1. The lowest BCUT2D eigenvalue weighted by Gasteiger charge is -2.14. The van der Waals surface area contributed by atoms with Gasteiger partial charge in [-0.3, -0.25) is 4.79 Å². The predicted molar refractivity (Wildman–Crippen MR) is 47.7 cm³/mol. The molecule has 2 aliphatic heterocycles. The van der Waals surface area contributed by atoms with E-state index < -0.39 is 5.92 Å². The third-order valence-corrected chi connectivity index (χ3v) is 2.01. The number of carbonyl (C=O) groups is 2. The molecule has 0 radical (unpaired) electrons. The van der Waals surface area contributed by atoms with Gasteiger partial charge in [0, 0.05) is 23.6 Å². The first-order valence-electron chi connectivity index (χ1n) is 3.80. The quantitative estimate of drug-likeness (QED) is 0.565. The molecule has 0 fully saturated rings. The van der Waals surface area contributed by atoms with Gasteiger partial charge in [0.25, 0.3) is 0 Å². The van der Waals surface area contributed by atoms with E-state index in [2.05, 4.69) is 9.98 Å². The molecule has 0 spiro atoms. The number of amidine groups is 1. The number of aliphatic imine (C=N–C) groups is 2. The fourth-order valence-electron chi connectivity index (χ4n) is 1.34. The first-order valence-corrected chi connectivity index (χ1v) is 3.80. The molecule has 0 saturated heterocycles. The Labute approximate surface area is 74.4 Å². The third kappa shape index (κ3) is 1.07. The van der Waals surface area contributed by atoms with E-state index in [1.165, 1.54) is 6.20 Å². The summed E-state index contributed by atoms with van der Waals surface area (Å²) in [5.74, 6) is 0.0372. The minimum Gasteiger partial charge on any atom is -0.302 e. The summed E-state index contributed by atoms with van der Waals surface area (Å²) < 4.78 is 0. The Bertz CT molecular complexity index is 386. The monoisotopic (exact) mass is 174 g/mol. The van der Waals surface area contributed by atoms with Crippen molar-refractivity contribution in [2.24, 2.45) is 15.9 Å². The van der Waals surface area contributed by atoms with Gasteiger partial charge in [-0.1, -0.05) is 0 Å². The van der Waals surface area contributed by atoms with E-state index in [1.54, 1.807) is 12.3 Å². The highest BCUT2D eigenvalue weighted by atomic mass is 16.1. The summed E-state index contributed by atoms with van der Waals surface area (Å²) >= 11 is 0. The second kappa shape index (κ2) is 2.90. The van der Waals surface area contributed by atoms with Crippen molar-refractivity contribution in [3.63, 3.8) is 0 Å². The lowest BCUT2D eigenvalue weighted by molar-refractivity contribution is -0.111. The van der Waals surface area contributed by atoms with Crippen LogP contribution in [0.3, 0.4) is 0 Å². The van der Waals surface area contributed by atoms with Gasteiger partial charge in [-0.2, -0.15) is 0 Å². The number of nitrogens with zero attached hydrogens (tertiary/aromatic N) is 2. The zero-order chi connectivity index (χ0) is 9.26. The van der Waals surface area contributed by atoms with Crippen LogP contribution in [0.15, 0.2) is 33.4 Å². The van der Waals surface area contributed by atoms with E-state index in [0.717, 1.165) is 6.29 Å². The predicted octanol–water partition coefficient (Wildman–Crippen LogP) is 0.307. The Morgan fingerprint density at radius 2 is 2.23 bits per heavy atom. The normalized spacial score (nSPS) is 24.3. The van der Waals surface area contributed by atoms with Gasteiger partial charge in [-0.25, -0.2) is 9.98 Å². The Morgan fingerprint density at radius 1 is 1.38 bits per heavy atom. The molecule has 4 heteroatoms. The van der Waals surface area contributed by atoms with Gasteiger partial charge in [0.2, 0.25) is 0 Å². The largest absolute Gasteiger partial charge is 0.302 e. The number of hydrogen-bond donors (Lipinski definition) is 0. The Balaban J connectivity index is 2.47. The van der Waals surface area contributed by atoms with Crippen molar-refractivity contribution < 1.29 is 9.59 Å². The fourth-order valence-corrected chi connectivity index (χ4v) is 1.34. The smallest absolute Gasteiger partial charge is 0.156 e. The highest BCUT2D eigenvalue weighted by Crippen LogP contribution is 2.25. The van der Waals surface area contributed by atoms with Gasteiger partial charge in [0.1, 0.15) is 12.6 Å². The third-order valence-electron chi connectivity index (χ3n) is 2.01. The zero-order valence-corrected chi connectivity index (χ0v) is 6.68. The van der Waals surface area contributed by atoms with E-state index >= 15 is 0 Å². The molecular weight excluding hydrogens is 168 g/mol. The van der Waals surface area contributed by atoms with Crippen LogP contribution < -0.4 is 0 Å². The minimum absolute atomic E-state index is 0.385. The first kappa shape index (κ1) is 7.79. The Kier molecular flexibility index (Phi) is 1.73. The Morgan fingerprint density at radius 3 is 2.92 bits per heavy atom. The maximum atomic E-state index is 10.7. The van der Waals surface area contributed by atoms with Crippen molar-refractivity contribution in [3.05, 3.63) is 23.4 Å². The summed E-state index contributed by atoms with van der Waals surface area (Å²) in [6.45, 7) is 0. The molecule has 64 valence electrons. The Hall–Kier alpha value is -1.84. The molecule has 0 aromatic heterocycles. The lowest BCUT2D eigenvalue weighted by Crippen LogP contribution is -2.17. The van der Waals surface area contributed by atoms with E-state index in [4.69, 9.17) is 0 Å². The fraction of sp³-hybridized carbons (Fsp3) is 0.111. The van der Waals surface area contributed by atoms with Crippen molar-refractivity contribution in [1.82, 2.24) is 0 Å². The van der Waals surface area contributed by atoms with E-state index in [-0.39, 0.29) is 0 Å². The number of hydrogen-bond acceptors (Lipinski definition) is 4. The standard InChI is InChI=1S/C9H6N2O2/c12-4-6-3-11-9-7(1-2-10-9)8(6)5-13/h1-5,8H/t8-/m1/s1. The first-order chi connectivity index (χ1) is 6.36. The van der Waals surface area contributed by atoms with Crippen LogP contribution in [0, 0.1) is 5.92 Å². The molecule has 0 saturated carbocycles. The van der Waals surface area contributed by atoms with E-state index in [0.29, 0.717) is 23.3 Å². The number of rotatable bonds is 2. The average molecular weight is 174 g/mol. The molecule has 4 nitrogen and oxygen atoms in total. The van der Waals surface area contributed by atoms with Crippen molar-refractivity contribution in [2.45, 2.75) is 0 Å².